The second-order valence-corrected chi connectivity index (χ2v) is 4.48. The normalized spacial score (nSPS) is 11.6. The van der Waals surface area contributed by atoms with Crippen LogP contribution in [0.1, 0.15) is 13.3 Å². The van der Waals surface area contributed by atoms with Gasteiger partial charge in [0.2, 0.25) is 0 Å². The maximum Gasteiger partial charge on any atom is 0.166 e. The second-order valence-electron chi connectivity index (χ2n) is 3.51. The minimum atomic E-state index is -0.551. The van der Waals surface area contributed by atoms with Gasteiger partial charge in [-0.05, 0) is 12.5 Å². The fourth-order valence-electron chi connectivity index (χ4n) is 1.14. The lowest BCUT2D eigenvalue weighted by Crippen LogP contribution is -2.42. The summed E-state index contributed by atoms with van der Waals surface area (Å²) in [5, 5.41) is 3.18. The van der Waals surface area contributed by atoms with Gasteiger partial charge < -0.3 is 5.32 Å². The Hall–Kier alpha value is -0.250. The van der Waals surface area contributed by atoms with E-state index in [4.69, 9.17) is 34.8 Å². The van der Waals surface area contributed by atoms with E-state index in [1.54, 1.807) is 0 Å². The number of hydrogen-bond acceptors (Lipinski definition) is 2. The van der Waals surface area contributed by atoms with E-state index in [9.17, 15) is 4.39 Å². The smallest absolute Gasteiger partial charge is 0.166 e. The first kappa shape index (κ1) is 13.8. The van der Waals surface area contributed by atoms with Crippen molar-refractivity contribution < 1.29 is 4.39 Å². The van der Waals surface area contributed by atoms with Crippen LogP contribution in [0.2, 0.25) is 5.02 Å². The van der Waals surface area contributed by atoms with Crippen molar-refractivity contribution in [3.63, 3.8) is 0 Å². The predicted molar refractivity (Wildman–Crippen MR) is 67.3 cm³/mol. The molecule has 1 heterocycles. The fourth-order valence-corrected chi connectivity index (χ4v) is 2.08. The summed E-state index contributed by atoms with van der Waals surface area (Å²) in [5.41, 5.74) is -0.551. The number of nitrogens with zero attached hydrogens (tertiary/aromatic N) is 1. The first-order valence-electron chi connectivity index (χ1n) is 4.78. The molecule has 16 heavy (non-hydrogen) atoms. The molecule has 0 aliphatic rings. The molecule has 0 aliphatic carbocycles. The Morgan fingerprint density at radius 3 is 2.50 bits per heavy atom. The third-order valence-electron chi connectivity index (χ3n) is 2.38. The predicted octanol–water partition coefficient (Wildman–Crippen LogP) is 3.91. The van der Waals surface area contributed by atoms with Gasteiger partial charge in [0, 0.05) is 18.0 Å². The molecule has 0 fully saturated rings. The summed E-state index contributed by atoms with van der Waals surface area (Å²) >= 11 is 17.3. The summed E-state index contributed by atoms with van der Waals surface area (Å²) in [5.74, 6) is 0.154. The van der Waals surface area contributed by atoms with Crippen LogP contribution in [0.15, 0.2) is 12.3 Å². The summed E-state index contributed by atoms with van der Waals surface area (Å²) in [4.78, 5) is 3.87. The third kappa shape index (κ3) is 3.12. The lowest BCUT2D eigenvalue weighted by molar-refractivity contribution is 0.544. The summed E-state index contributed by atoms with van der Waals surface area (Å²) in [6.45, 7) is 1.92. The molecule has 1 aromatic rings. The number of alkyl halides is 2. The van der Waals surface area contributed by atoms with Crippen molar-refractivity contribution in [1.82, 2.24) is 4.98 Å². The minimum absolute atomic E-state index is 0.118. The van der Waals surface area contributed by atoms with E-state index in [0.717, 1.165) is 0 Å². The van der Waals surface area contributed by atoms with Gasteiger partial charge in [0.05, 0.1) is 10.6 Å². The van der Waals surface area contributed by atoms with Crippen LogP contribution in [0.4, 0.5) is 10.2 Å². The zero-order valence-electron chi connectivity index (χ0n) is 8.74. The molecule has 0 saturated heterocycles. The number of rotatable bonds is 5. The van der Waals surface area contributed by atoms with Gasteiger partial charge in [-0.3, -0.25) is 0 Å². The van der Waals surface area contributed by atoms with Gasteiger partial charge in [0.25, 0.3) is 0 Å². The van der Waals surface area contributed by atoms with Gasteiger partial charge in [-0.15, -0.1) is 23.2 Å². The number of halogens is 4. The molecule has 0 aliphatic heterocycles. The summed E-state index contributed by atoms with van der Waals surface area (Å²) < 4.78 is 13.5. The number of anilines is 1. The molecule has 0 unspecified atom stereocenters. The van der Waals surface area contributed by atoms with Crippen molar-refractivity contribution in [2.75, 3.05) is 17.1 Å². The Kier molecular flexibility index (Phi) is 5.09. The Balaban J connectivity index is 2.93. The van der Waals surface area contributed by atoms with E-state index in [2.05, 4.69) is 10.3 Å². The maximum absolute atomic E-state index is 13.5. The molecule has 0 amide bonds. The Bertz CT molecular complexity index is 348. The monoisotopic (exact) mass is 284 g/mol. The largest absolute Gasteiger partial charge is 0.360 e. The van der Waals surface area contributed by atoms with E-state index in [1.165, 1.54) is 12.3 Å². The van der Waals surface area contributed by atoms with E-state index >= 15 is 0 Å². The molecule has 0 radical (unpaired) electrons. The van der Waals surface area contributed by atoms with Gasteiger partial charge in [-0.25, -0.2) is 9.37 Å². The molecular weight excluding hydrogens is 273 g/mol. The van der Waals surface area contributed by atoms with Crippen LogP contribution in [0.3, 0.4) is 0 Å². The number of hydrogen-bond donors (Lipinski definition) is 1. The number of aromatic nitrogens is 1. The zero-order valence-corrected chi connectivity index (χ0v) is 11.0. The molecular formula is C10H12Cl3FN2. The highest BCUT2D eigenvalue weighted by Crippen LogP contribution is 2.23. The quantitative estimate of drug-likeness (QED) is 0.830. The molecule has 90 valence electrons. The zero-order chi connectivity index (χ0) is 12.2. The Labute approximate surface area is 109 Å². The van der Waals surface area contributed by atoms with Gasteiger partial charge >= 0.3 is 0 Å². The minimum Gasteiger partial charge on any atom is -0.360 e. The van der Waals surface area contributed by atoms with Crippen molar-refractivity contribution in [3.8, 4) is 0 Å². The van der Waals surface area contributed by atoms with Crippen molar-refractivity contribution in [2.24, 2.45) is 0 Å². The van der Waals surface area contributed by atoms with Crippen LogP contribution in [0, 0.1) is 5.82 Å². The van der Waals surface area contributed by atoms with Crippen molar-refractivity contribution in [1.29, 1.82) is 0 Å². The molecule has 0 spiro atoms. The molecule has 0 aromatic carbocycles. The molecule has 0 saturated carbocycles. The van der Waals surface area contributed by atoms with E-state index in [0.29, 0.717) is 6.42 Å². The van der Waals surface area contributed by atoms with E-state index in [-0.39, 0.29) is 22.6 Å². The van der Waals surface area contributed by atoms with Crippen molar-refractivity contribution >= 4 is 40.6 Å². The van der Waals surface area contributed by atoms with Gasteiger partial charge in [-0.1, -0.05) is 18.5 Å². The van der Waals surface area contributed by atoms with Crippen LogP contribution < -0.4 is 5.32 Å². The van der Waals surface area contributed by atoms with Crippen molar-refractivity contribution in [2.45, 2.75) is 18.9 Å². The van der Waals surface area contributed by atoms with Gasteiger partial charge in [0.1, 0.15) is 0 Å². The average Bonchev–Trinajstić information content (AvgIpc) is 2.29. The molecule has 0 atom stereocenters. The number of nitrogens with one attached hydrogen (secondary N) is 1. The number of pyridine rings is 1. The molecule has 1 rings (SSSR count). The molecule has 1 aromatic heterocycles. The summed E-state index contributed by atoms with van der Waals surface area (Å²) in [7, 11) is 0. The highest BCUT2D eigenvalue weighted by molar-refractivity contribution is 6.30. The topological polar surface area (TPSA) is 24.9 Å². The summed E-state index contributed by atoms with van der Waals surface area (Å²) in [6, 6.07) is 1.19. The first-order chi connectivity index (χ1) is 7.56. The van der Waals surface area contributed by atoms with Gasteiger partial charge in [-0.2, -0.15) is 0 Å². The molecule has 2 nitrogen and oxygen atoms in total. The van der Waals surface area contributed by atoms with Crippen LogP contribution in [0.5, 0.6) is 0 Å². The Morgan fingerprint density at radius 1 is 1.44 bits per heavy atom. The Morgan fingerprint density at radius 2 is 2.06 bits per heavy atom. The average molecular weight is 286 g/mol. The third-order valence-corrected chi connectivity index (χ3v) is 3.61. The lowest BCUT2D eigenvalue weighted by Gasteiger charge is -2.30. The lowest BCUT2D eigenvalue weighted by atomic mass is 10.0. The highest BCUT2D eigenvalue weighted by Gasteiger charge is 2.27. The van der Waals surface area contributed by atoms with E-state index in [1.807, 2.05) is 6.92 Å². The molecule has 1 N–H and O–H groups in total. The standard InChI is InChI=1S/C10H12Cl3FN2/c1-2-10(5-11,6-12)16-9-8(14)3-7(13)4-15-9/h3-4H,2,5-6H2,1H3,(H,15,16). The first-order valence-corrected chi connectivity index (χ1v) is 6.23. The van der Waals surface area contributed by atoms with E-state index < -0.39 is 11.4 Å². The van der Waals surface area contributed by atoms with Crippen LogP contribution in [-0.4, -0.2) is 22.3 Å². The SMILES string of the molecule is CCC(CCl)(CCl)Nc1ncc(Cl)cc1F. The summed E-state index contributed by atoms with van der Waals surface area (Å²) in [6.07, 6.45) is 2.04. The fraction of sp³-hybridized carbons (Fsp3) is 0.500. The van der Waals surface area contributed by atoms with Crippen LogP contribution >= 0.6 is 34.8 Å². The van der Waals surface area contributed by atoms with Gasteiger partial charge in [0.15, 0.2) is 11.6 Å². The molecule has 0 bridgehead atoms. The highest BCUT2D eigenvalue weighted by atomic mass is 35.5. The van der Waals surface area contributed by atoms with Crippen LogP contribution in [-0.2, 0) is 0 Å². The maximum atomic E-state index is 13.5. The second kappa shape index (κ2) is 5.89. The van der Waals surface area contributed by atoms with Crippen LogP contribution in [0.25, 0.3) is 0 Å². The molecule has 6 heteroatoms. The van der Waals surface area contributed by atoms with Crippen molar-refractivity contribution in [3.05, 3.63) is 23.1 Å².